The average Bonchev–Trinajstić information content (AvgIpc) is 2.72. The zero-order chi connectivity index (χ0) is 14.0. The Morgan fingerprint density at radius 2 is 2.11 bits per heavy atom. The SMILES string of the molecule is Cn1nnnc1CNc1ccc(Br)c(C(F)(F)F)c1. The third-order valence-corrected chi connectivity index (χ3v) is 3.12. The van der Waals surface area contributed by atoms with Gasteiger partial charge in [0.1, 0.15) is 0 Å². The Hall–Kier alpha value is -1.64. The fourth-order valence-electron chi connectivity index (χ4n) is 1.43. The average molecular weight is 336 g/mol. The van der Waals surface area contributed by atoms with Crippen LogP contribution < -0.4 is 5.32 Å². The molecule has 1 aromatic heterocycles. The standard InChI is InChI=1S/C10H9BrF3N5/c1-19-9(16-17-18-19)5-15-6-2-3-8(11)7(4-6)10(12,13)14/h2-4,15H,5H2,1H3. The molecule has 9 heteroatoms. The van der Waals surface area contributed by atoms with Crippen LogP contribution >= 0.6 is 15.9 Å². The molecule has 0 atom stereocenters. The summed E-state index contributed by atoms with van der Waals surface area (Å²) in [5.41, 5.74) is -0.382. The lowest BCUT2D eigenvalue weighted by Crippen LogP contribution is -2.09. The lowest BCUT2D eigenvalue weighted by molar-refractivity contribution is -0.138. The van der Waals surface area contributed by atoms with Crippen molar-refractivity contribution in [3.05, 3.63) is 34.1 Å². The van der Waals surface area contributed by atoms with Crippen molar-refractivity contribution in [1.29, 1.82) is 0 Å². The minimum Gasteiger partial charge on any atom is -0.378 e. The van der Waals surface area contributed by atoms with Crippen molar-refractivity contribution in [2.24, 2.45) is 7.05 Å². The highest BCUT2D eigenvalue weighted by atomic mass is 79.9. The van der Waals surface area contributed by atoms with E-state index in [1.54, 1.807) is 13.1 Å². The molecule has 0 bridgehead atoms. The van der Waals surface area contributed by atoms with Crippen LogP contribution in [-0.2, 0) is 19.8 Å². The van der Waals surface area contributed by atoms with Crippen molar-refractivity contribution >= 4 is 21.6 Å². The van der Waals surface area contributed by atoms with Crippen molar-refractivity contribution < 1.29 is 13.2 Å². The van der Waals surface area contributed by atoms with E-state index in [2.05, 4.69) is 36.8 Å². The van der Waals surface area contributed by atoms with Crippen LogP contribution in [0, 0.1) is 0 Å². The monoisotopic (exact) mass is 335 g/mol. The summed E-state index contributed by atoms with van der Waals surface area (Å²) in [6.07, 6.45) is -4.40. The van der Waals surface area contributed by atoms with Crippen LogP contribution in [0.4, 0.5) is 18.9 Å². The Labute approximate surface area is 114 Å². The third kappa shape index (κ3) is 3.22. The predicted octanol–water partition coefficient (Wildman–Crippen LogP) is 2.60. The van der Waals surface area contributed by atoms with E-state index < -0.39 is 11.7 Å². The van der Waals surface area contributed by atoms with Crippen LogP contribution in [0.2, 0.25) is 0 Å². The number of anilines is 1. The van der Waals surface area contributed by atoms with E-state index in [1.807, 2.05) is 0 Å². The first-order valence-corrected chi connectivity index (χ1v) is 5.99. The van der Waals surface area contributed by atoms with Gasteiger partial charge in [-0.1, -0.05) is 15.9 Å². The highest BCUT2D eigenvalue weighted by molar-refractivity contribution is 9.10. The lowest BCUT2D eigenvalue weighted by atomic mass is 10.2. The highest BCUT2D eigenvalue weighted by Crippen LogP contribution is 2.36. The molecule has 0 aliphatic carbocycles. The molecule has 2 aromatic rings. The second-order valence-corrected chi connectivity index (χ2v) is 4.62. The minimum absolute atomic E-state index is 0.00544. The molecule has 1 N–H and O–H groups in total. The maximum absolute atomic E-state index is 12.7. The fraction of sp³-hybridized carbons (Fsp3) is 0.300. The van der Waals surface area contributed by atoms with Crippen LogP contribution in [0.25, 0.3) is 0 Å². The molecular formula is C10H9BrF3N5. The number of aromatic nitrogens is 4. The quantitative estimate of drug-likeness (QED) is 0.936. The molecule has 0 radical (unpaired) electrons. The Morgan fingerprint density at radius 1 is 1.37 bits per heavy atom. The molecule has 5 nitrogen and oxygen atoms in total. The van der Waals surface area contributed by atoms with Gasteiger partial charge >= 0.3 is 6.18 Å². The number of halogens is 4. The summed E-state index contributed by atoms with van der Waals surface area (Å²) in [6.45, 7) is 0.239. The van der Waals surface area contributed by atoms with Gasteiger partial charge in [-0.15, -0.1) is 5.10 Å². The van der Waals surface area contributed by atoms with E-state index in [0.717, 1.165) is 6.07 Å². The summed E-state index contributed by atoms with van der Waals surface area (Å²) in [5.74, 6) is 0.525. The Balaban J connectivity index is 2.16. The number of nitrogens with one attached hydrogen (secondary N) is 1. The number of benzene rings is 1. The zero-order valence-corrected chi connectivity index (χ0v) is 11.3. The van der Waals surface area contributed by atoms with Crippen LogP contribution in [0.3, 0.4) is 0 Å². The molecule has 0 spiro atoms. The molecule has 0 unspecified atom stereocenters. The number of tetrazole rings is 1. The zero-order valence-electron chi connectivity index (χ0n) is 9.74. The van der Waals surface area contributed by atoms with E-state index in [4.69, 9.17) is 0 Å². The maximum atomic E-state index is 12.7. The van der Waals surface area contributed by atoms with E-state index in [0.29, 0.717) is 11.5 Å². The molecule has 0 aliphatic heterocycles. The number of hydrogen-bond acceptors (Lipinski definition) is 4. The normalized spacial score (nSPS) is 11.6. The van der Waals surface area contributed by atoms with Crippen molar-refractivity contribution in [2.45, 2.75) is 12.7 Å². The summed E-state index contributed by atoms with van der Waals surface area (Å²) in [6, 6.07) is 3.93. The fourth-order valence-corrected chi connectivity index (χ4v) is 1.90. The van der Waals surface area contributed by atoms with Crippen LogP contribution in [0.1, 0.15) is 11.4 Å². The summed E-state index contributed by atoms with van der Waals surface area (Å²) >= 11 is 2.88. The van der Waals surface area contributed by atoms with Gasteiger partial charge in [-0.25, -0.2) is 4.68 Å². The molecule has 0 amide bonds. The lowest BCUT2D eigenvalue weighted by Gasteiger charge is -2.12. The smallest absolute Gasteiger partial charge is 0.378 e. The van der Waals surface area contributed by atoms with E-state index in [9.17, 15) is 13.2 Å². The highest BCUT2D eigenvalue weighted by Gasteiger charge is 2.33. The molecule has 1 aromatic carbocycles. The van der Waals surface area contributed by atoms with E-state index in [1.165, 1.54) is 10.7 Å². The van der Waals surface area contributed by atoms with Gasteiger partial charge in [0.05, 0.1) is 12.1 Å². The van der Waals surface area contributed by atoms with Crippen molar-refractivity contribution in [1.82, 2.24) is 20.2 Å². The second-order valence-electron chi connectivity index (χ2n) is 3.76. The first kappa shape index (κ1) is 13.8. The first-order chi connectivity index (χ1) is 8.88. The van der Waals surface area contributed by atoms with Crippen LogP contribution in [0.5, 0.6) is 0 Å². The van der Waals surface area contributed by atoms with Gasteiger partial charge in [0.15, 0.2) is 5.82 Å². The van der Waals surface area contributed by atoms with Crippen molar-refractivity contribution in [2.75, 3.05) is 5.32 Å². The Morgan fingerprint density at radius 3 is 2.68 bits per heavy atom. The molecule has 0 saturated carbocycles. The molecule has 1 heterocycles. The second kappa shape index (κ2) is 5.16. The summed E-state index contributed by atoms with van der Waals surface area (Å²) in [5, 5.41) is 13.6. The molecule has 0 fully saturated rings. The molecule has 2 rings (SSSR count). The molecule has 102 valence electrons. The minimum atomic E-state index is -4.40. The van der Waals surface area contributed by atoms with Crippen molar-refractivity contribution in [3.8, 4) is 0 Å². The van der Waals surface area contributed by atoms with Gasteiger partial charge in [-0.05, 0) is 28.6 Å². The number of rotatable bonds is 3. The number of alkyl halides is 3. The molecular weight excluding hydrogens is 327 g/mol. The number of nitrogens with zero attached hydrogens (tertiary/aromatic N) is 4. The summed E-state index contributed by atoms with van der Waals surface area (Å²) in [4.78, 5) is 0. The molecule has 0 aliphatic rings. The van der Waals surface area contributed by atoms with Gasteiger partial charge in [0, 0.05) is 17.2 Å². The maximum Gasteiger partial charge on any atom is 0.417 e. The number of aryl methyl sites for hydroxylation is 1. The predicted molar refractivity (Wildman–Crippen MR) is 65.3 cm³/mol. The largest absolute Gasteiger partial charge is 0.417 e. The van der Waals surface area contributed by atoms with Gasteiger partial charge in [0.25, 0.3) is 0 Å². The molecule has 0 saturated heterocycles. The number of hydrogen-bond donors (Lipinski definition) is 1. The summed E-state index contributed by atoms with van der Waals surface area (Å²) in [7, 11) is 1.65. The third-order valence-electron chi connectivity index (χ3n) is 2.43. The van der Waals surface area contributed by atoms with Gasteiger partial charge in [-0.2, -0.15) is 13.2 Å². The van der Waals surface area contributed by atoms with E-state index in [-0.39, 0.29) is 11.0 Å². The van der Waals surface area contributed by atoms with Crippen LogP contribution in [0.15, 0.2) is 22.7 Å². The van der Waals surface area contributed by atoms with Crippen molar-refractivity contribution in [3.63, 3.8) is 0 Å². The van der Waals surface area contributed by atoms with Crippen LogP contribution in [-0.4, -0.2) is 20.2 Å². The van der Waals surface area contributed by atoms with Gasteiger partial charge in [-0.3, -0.25) is 0 Å². The summed E-state index contributed by atoms with van der Waals surface area (Å²) < 4.78 is 39.6. The molecule has 19 heavy (non-hydrogen) atoms. The Kier molecular flexibility index (Phi) is 3.74. The topological polar surface area (TPSA) is 55.6 Å². The van der Waals surface area contributed by atoms with Gasteiger partial charge in [0.2, 0.25) is 0 Å². The van der Waals surface area contributed by atoms with E-state index >= 15 is 0 Å². The van der Waals surface area contributed by atoms with Gasteiger partial charge < -0.3 is 5.32 Å². The first-order valence-electron chi connectivity index (χ1n) is 5.20. The Bertz CT molecular complexity index is 581.